The lowest BCUT2D eigenvalue weighted by Crippen LogP contribution is -2.44. The molecule has 0 aromatic heterocycles. The molecule has 0 saturated carbocycles. The van der Waals surface area contributed by atoms with E-state index in [1.165, 1.54) is 36.4 Å². The first-order valence-corrected chi connectivity index (χ1v) is 11.9. The summed E-state index contributed by atoms with van der Waals surface area (Å²) in [6, 6.07) is 14.0. The van der Waals surface area contributed by atoms with Gasteiger partial charge in [0.1, 0.15) is 5.82 Å². The van der Waals surface area contributed by atoms with Crippen molar-refractivity contribution in [2.75, 3.05) is 23.3 Å². The summed E-state index contributed by atoms with van der Waals surface area (Å²) in [6.45, 7) is 0.769. The van der Waals surface area contributed by atoms with Crippen molar-refractivity contribution in [1.82, 2.24) is 0 Å². The topological polar surface area (TPSA) is 84.5 Å². The van der Waals surface area contributed by atoms with Gasteiger partial charge in [0.05, 0.1) is 10.3 Å². The number of amides is 1. The number of ether oxygens (including phenoxy) is 1. The number of benzene rings is 3. The van der Waals surface area contributed by atoms with E-state index in [2.05, 4.69) is 10.0 Å². The van der Waals surface area contributed by atoms with Crippen molar-refractivity contribution in [3.05, 3.63) is 89.7 Å². The summed E-state index contributed by atoms with van der Waals surface area (Å²) < 4.78 is 72.5. The van der Waals surface area contributed by atoms with Crippen LogP contribution in [0.2, 0.25) is 0 Å². The minimum atomic E-state index is -4.14. The summed E-state index contributed by atoms with van der Waals surface area (Å²) in [5.41, 5.74) is 0.389. The maximum atomic E-state index is 13.4. The van der Waals surface area contributed by atoms with Crippen LogP contribution in [0.3, 0.4) is 0 Å². The van der Waals surface area contributed by atoms with E-state index >= 15 is 0 Å². The molecule has 3 aromatic carbocycles. The molecule has 0 spiro atoms. The first-order chi connectivity index (χ1) is 16.2. The Morgan fingerprint density at radius 2 is 1.44 bits per heavy atom. The Balaban J connectivity index is 1.50. The van der Waals surface area contributed by atoms with Gasteiger partial charge in [-0.2, -0.15) is 0 Å². The average molecular weight is 491 g/mol. The molecule has 1 fully saturated rings. The molecule has 34 heavy (non-hydrogen) atoms. The second-order valence-electron chi connectivity index (χ2n) is 7.91. The highest BCUT2D eigenvalue weighted by Gasteiger charge is 2.41. The summed E-state index contributed by atoms with van der Waals surface area (Å²) in [7, 11) is -4.14. The fraction of sp³-hybridized carbons (Fsp3) is 0.208. The van der Waals surface area contributed by atoms with E-state index in [4.69, 9.17) is 4.74 Å². The fourth-order valence-electron chi connectivity index (χ4n) is 3.87. The van der Waals surface area contributed by atoms with Gasteiger partial charge in [0.25, 0.3) is 10.0 Å². The lowest BCUT2D eigenvalue weighted by molar-refractivity contribution is -0.125. The molecule has 2 N–H and O–H groups in total. The largest absolute Gasteiger partial charge is 0.381 e. The van der Waals surface area contributed by atoms with Gasteiger partial charge in [0.2, 0.25) is 5.91 Å². The van der Waals surface area contributed by atoms with Crippen molar-refractivity contribution in [2.24, 2.45) is 0 Å². The standard InChI is InChI=1S/C24H21F3N2O4S/c25-17-3-1-16(2-4-17)24(11-13-33-14-12-24)23(30)28-18-5-7-19(8-6-18)29-34(31,32)20-9-10-21(26)22(27)15-20/h1-10,15,29H,11-14H2,(H,28,30). The molecule has 1 heterocycles. The van der Waals surface area contributed by atoms with Gasteiger partial charge in [0, 0.05) is 24.6 Å². The SMILES string of the molecule is O=C(Nc1ccc(NS(=O)(=O)c2ccc(F)c(F)c2)cc1)C1(c2ccc(F)cc2)CCOCC1. The predicted octanol–water partition coefficient (Wildman–Crippen LogP) is 4.59. The number of hydrogen-bond donors (Lipinski definition) is 2. The van der Waals surface area contributed by atoms with Gasteiger partial charge in [0.15, 0.2) is 11.6 Å². The van der Waals surface area contributed by atoms with E-state index in [0.29, 0.717) is 43.4 Å². The van der Waals surface area contributed by atoms with Crippen molar-refractivity contribution in [2.45, 2.75) is 23.2 Å². The Morgan fingerprint density at radius 3 is 2.06 bits per heavy atom. The number of anilines is 2. The molecule has 0 atom stereocenters. The first-order valence-electron chi connectivity index (χ1n) is 10.4. The molecule has 178 valence electrons. The molecule has 1 saturated heterocycles. The Morgan fingerprint density at radius 1 is 0.824 bits per heavy atom. The molecule has 0 aliphatic carbocycles. The maximum Gasteiger partial charge on any atom is 0.261 e. The predicted molar refractivity (Wildman–Crippen MR) is 120 cm³/mol. The lowest BCUT2D eigenvalue weighted by Gasteiger charge is -2.36. The van der Waals surface area contributed by atoms with Gasteiger partial charge >= 0.3 is 0 Å². The summed E-state index contributed by atoms with van der Waals surface area (Å²) in [5.74, 6) is -3.10. The van der Waals surface area contributed by atoms with Crippen LogP contribution >= 0.6 is 0 Å². The molecule has 3 aromatic rings. The molecule has 10 heteroatoms. The average Bonchev–Trinajstić information content (AvgIpc) is 2.82. The van der Waals surface area contributed by atoms with Crippen molar-refractivity contribution in [3.63, 3.8) is 0 Å². The van der Waals surface area contributed by atoms with E-state index in [-0.39, 0.29) is 11.6 Å². The Hall–Kier alpha value is -3.37. The number of carbonyl (C=O) groups excluding carboxylic acids is 1. The second kappa shape index (κ2) is 9.47. The molecule has 4 rings (SSSR count). The van der Waals surface area contributed by atoms with Crippen molar-refractivity contribution in [1.29, 1.82) is 0 Å². The highest BCUT2D eigenvalue weighted by molar-refractivity contribution is 7.92. The van der Waals surface area contributed by atoms with Crippen LogP contribution in [0.25, 0.3) is 0 Å². The Kier molecular flexibility index (Phi) is 6.63. The molecular weight excluding hydrogens is 469 g/mol. The van der Waals surface area contributed by atoms with E-state index < -0.39 is 37.8 Å². The number of halogens is 3. The number of hydrogen-bond acceptors (Lipinski definition) is 4. The molecule has 6 nitrogen and oxygen atoms in total. The van der Waals surface area contributed by atoms with E-state index in [9.17, 15) is 26.4 Å². The summed E-state index contributed by atoms with van der Waals surface area (Å²) in [6.07, 6.45) is 0.854. The van der Waals surface area contributed by atoms with Crippen molar-refractivity contribution >= 4 is 27.3 Å². The lowest BCUT2D eigenvalue weighted by atomic mass is 9.73. The molecule has 1 aliphatic heterocycles. The van der Waals surface area contributed by atoms with Gasteiger partial charge in [-0.25, -0.2) is 21.6 Å². The summed E-state index contributed by atoms with van der Waals surface area (Å²) in [4.78, 5) is 12.9. The van der Waals surface area contributed by atoms with Crippen LogP contribution in [0.5, 0.6) is 0 Å². The van der Waals surface area contributed by atoms with Crippen LogP contribution in [0.4, 0.5) is 24.5 Å². The number of rotatable bonds is 6. The monoisotopic (exact) mass is 490 g/mol. The van der Waals surface area contributed by atoms with Gasteiger partial charge in [-0.3, -0.25) is 9.52 Å². The second-order valence-corrected chi connectivity index (χ2v) is 9.60. The third-order valence-electron chi connectivity index (χ3n) is 5.77. The van der Waals surface area contributed by atoms with Crippen LogP contribution in [0, 0.1) is 17.5 Å². The van der Waals surface area contributed by atoms with Gasteiger partial charge in [-0.1, -0.05) is 12.1 Å². The third kappa shape index (κ3) is 4.92. The van der Waals surface area contributed by atoms with Gasteiger partial charge in [-0.15, -0.1) is 0 Å². The number of sulfonamides is 1. The Labute approximate surface area is 194 Å². The zero-order valence-corrected chi connectivity index (χ0v) is 18.7. The molecule has 0 bridgehead atoms. The molecular formula is C24H21F3N2O4S. The van der Waals surface area contributed by atoms with Gasteiger partial charge < -0.3 is 10.1 Å². The number of carbonyl (C=O) groups is 1. The first kappa shape index (κ1) is 23.8. The van der Waals surface area contributed by atoms with Crippen LogP contribution < -0.4 is 10.0 Å². The van der Waals surface area contributed by atoms with Gasteiger partial charge in [-0.05, 0) is 73.0 Å². The van der Waals surface area contributed by atoms with Crippen LogP contribution in [-0.4, -0.2) is 27.5 Å². The Bertz CT molecular complexity index is 1290. The normalized spacial score (nSPS) is 15.5. The van der Waals surface area contributed by atoms with E-state index in [0.717, 1.165) is 12.1 Å². The minimum absolute atomic E-state index is 0.169. The molecule has 0 unspecified atom stereocenters. The zero-order chi connectivity index (χ0) is 24.3. The molecule has 0 radical (unpaired) electrons. The molecule has 1 amide bonds. The minimum Gasteiger partial charge on any atom is -0.381 e. The van der Waals surface area contributed by atoms with Crippen LogP contribution in [0.15, 0.2) is 71.6 Å². The molecule has 1 aliphatic rings. The van der Waals surface area contributed by atoms with E-state index in [1.807, 2.05) is 0 Å². The fourth-order valence-corrected chi connectivity index (χ4v) is 4.94. The third-order valence-corrected chi connectivity index (χ3v) is 7.15. The highest BCUT2D eigenvalue weighted by Crippen LogP contribution is 2.36. The summed E-state index contributed by atoms with van der Waals surface area (Å²) in [5, 5.41) is 2.84. The maximum absolute atomic E-state index is 13.4. The van der Waals surface area contributed by atoms with Crippen molar-refractivity contribution in [3.8, 4) is 0 Å². The van der Waals surface area contributed by atoms with E-state index in [1.54, 1.807) is 12.1 Å². The van der Waals surface area contributed by atoms with Crippen LogP contribution in [-0.2, 0) is 25.0 Å². The highest BCUT2D eigenvalue weighted by atomic mass is 32.2. The quantitative estimate of drug-likeness (QED) is 0.529. The number of nitrogens with one attached hydrogen (secondary N) is 2. The smallest absolute Gasteiger partial charge is 0.261 e. The van der Waals surface area contributed by atoms with Crippen molar-refractivity contribution < 1.29 is 31.1 Å². The zero-order valence-electron chi connectivity index (χ0n) is 17.9. The summed E-state index contributed by atoms with van der Waals surface area (Å²) >= 11 is 0. The van der Waals surface area contributed by atoms with Crippen LogP contribution in [0.1, 0.15) is 18.4 Å².